The molecule has 1 saturated heterocycles. The van der Waals surface area contributed by atoms with Crippen LogP contribution in [0.4, 0.5) is 0 Å². The highest BCUT2D eigenvalue weighted by molar-refractivity contribution is 6.35. The van der Waals surface area contributed by atoms with Crippen molar-refractivity contribution in [2.75, 3.05) is 6.61 Å². The lowest BCUT2D eigenvalue weighted by atomic mass is 9.85. The van der Waals surface area contributed by atoms with Crippen LogP contribution in [-0.2, 0) is 16.2 Å². The highest BCUT2D eigenvalue weighted by Crippen LogP contribution is 2.52. The Morgan fingerprint density at radius 2 is 1.73 bits per heavy atom. The van der Waals surface area contributed by atoms with E-state index in [-0.39, 0.29) is 42.1 Å². The first-order valence-corrected chi connectivity index (χ1v) is 11.7. The van der Waals surface area contributed by atoms with Crippen LogP contribution in [-0.4, -0.2) is 29.6 Å². The number of carbonyl (C=O) groups excluding carboxylic acids is 2. The van der Waals surface area contributed by atoms with E-state index in [9.17, 15) is 9.59 Å². The molecule has 1 saturated carbocycles. The van der Waals surface area contributed by atoms with Gasteiger partial charge in [0, 0.05) is 15.6 Å². The molecule has 170 valence electrons. The topological polar surface area (TPSA) is 68.2 Å². The van der Waals surface area contributed by atoms with Crippen molar-refractivity contribution < 1.29 is 19.1 Å². The fraction of sp³-hybridized carbons (Fsp3) is 0.320. The summed E-state index contributed by atoms with van der Waals surface area (Å²) in [6.07, 6.45) is 6.53. The minimum atomic E-state index is -0.265. The van der Waals surface area contributed by atoms with Crippen LogP contribution in [0.2, 0.25) is 10.0 Å². The number of rotatable bonds is 7. The van der Waals surface area contributed by atoms with Crippen molar-refractivity contribution in [3.63, 3.8) is 0 Å². The molecule has 2 aromatic rings. The third-order valence-corrected chi connectivity index (χ3v) is 7.02. The van der Waals surface area contributed by atoms with Crippen molar-refractivity contribution in [1.29, 1.82) is 0 Å². The van der Waals surface area contributed by atoms with E-state index >= 15 is 0 Å². The molecular weight excluding hydrogens is 463 g/mol. The first-order valence-electron chi connectivity index (χ1n) is 10.9. The number of carbonyl (C=O) groups is 2. The quantitative estimate of drug-likeness (QED) is 0.311. The summed E-state index contributed by atoms with van der Waals surface area (Å²) in [7, 11) is 0. The van der Waals surface area contributed by atoms with E-state index < -0.39 is 0 Å². The van der Waals surface area contributed by atoms with Crippen molar-refractivity contribution in [3.8, 4) is 11.5 Å². The van der Waals surface area contributed by atoms with E-state index in [1.165, 1.54) is 6.21 Å². The van der Waals surface area contributed by atoms with Crippen molar-refractivity contribution in [1.82, 2.24) is 5.01 Å². The molecular formula is C25H22Cl2N2O4. The predicted molar refractivity (Wildman–Crippen MR) is 126 cm³/mol. The summed E-state index contributed by atoms with van der Waals surface area (Å²) in [5.41, 5.74) is 1.49. The normalized spacial score (nSPS) is 25.4. The lowest BCUT2D eigenvalue weighted by molar-refractivity contribution is -0.140. The van der Waals surface area contributed by atoms with Crippen LogP contribution in [0.5, 0.6) is 11.5 Å². The number of imide groups is 1. The molecule has 0 radical (unpaired) electrons. The van der Waals surface area contributed by atoms with E-state index in [1.54, 1.807) is 30.3 Å². The molecule has 1 aliphatic heterocycles. The number of benzene rings is 2. The Hall–Kier alpha value is -2.83. The average Bonchev–Trinajstić information content (AvgIpc) is 3.47. The van der Waals surface area contributed by atoms with Gasteiger partial charge in [0.05, 0.1) is 24.7 Å². The molecule has 5 rings (SSSR count). The predicted octanol–water partition coefficient (Wildman–Crippen LogP) is 5.11. The Kier molecular flexibility index (Phi) is 5.89. The maximum Gasteiger partial charge on any atom is 0.254 e. The highest BCUT2D eigenvalue weighted by atomic mass is 35.5. The molecule has 2 fully saturated rings. The second kappa shape index (κ2) is 8.84. The summed E-state index contributed by atoms with van der Waals surface area (Å²) in [5.74, 6) is 0.456. The molecule has 2 amide bonds. The van der Waals surface area contributed by atoms with E-state index in [4.69, 9.17) is 32.7 Å². The van der Waals surface area contributed by atoms with Crippen molar-refractivity contribution >= 4 is 41.2 Å². The lowest BCUT2D eigenvalue weighted by Gasteiger charge is -2.14. The second-order valence-electron chi connectivity index (χ2n) is 8.40. The number of nitrogens with zero attached hydrogens (tertiary/aromatic N) is 2. The molecule has 2 aliphatic carbocycles. The Labute approximate surface area is 201 Å². The molecule has 0 spiro atoms. The van der Waals surface area contributed by atoms with Crippen LogP contribution >= 0.6 is 23.2 Å². The SMILES string of the molecule is CCOc1cc(/C=N\N2C(=O)[C@@H]3[C@H](C2=O)[C@H]2C=C[C@H]3C2)ccc1OCc1ccc(Cl)cc1Cl. The number of halogens is 2. The zero-order valence-corrected chi connectivity index (χ0v) is 19.4. The van der Waals surface area contributed by atoms with Crippen molar-refractivity contribution in [2.24, 2.45) is 28.8 Å². The molecule has 0 aromatic heterocycles. The summed E-state index contributed by atoms with van der Waals surface area (Å²) in [6.45, 7) is 2.57. The van der Waals surface area contributed by atoms with E-state index in [0.29, 0.717) is 33.7 Å². The van der Waals surface area contributed by atoms with Gasteiger partial charge in [-0.15, -0.1) is 0 Å². The van der Waals surface area contributed by atoms with Gasteiger partial charge in [0.2, 0.25) is 0 Å². The second-order valence-corrected chi connectivity index (χ2v) is 9.24. The molecule has 6 nitrogen and oxygen atoms in total. The standard InChI is InChI=1S/C25H22Cl2N2O4/c1-2-32-21-9-14(3-8-20(21)33-13-17-6-7-18(26)11-19(17)27)12-28-29-24(30)22-15-4-5-16(10-15)23(22)25(29)31/h3-9,11-12,15-16,22-23H,2,10,13H2,1H3/b28-12-/t15-,16-,22-,23+/m0/s1. The van der Waals surface area contributed by atoms with Gasteiger partial charge < -0.3 is 9.47 Å². The smallest absolute Gasteiger partial charge is 0.254 e. The summed E-state index contributed by atoms with van der Waals surface area (Å²) >= 11 is 12.2. The molecule has 33 heavy (non-hydrogen) atoms. The average molecular weight is 485 g/mol. The molecule has 0 N–H and O–H groups in total. The van der Waals surface area contributed by atoms with Gasteiger partial charge in [-0.3, -0.25) is 9.59 Å². The van der Waals surface area contributed by atoms with Crippen molar-refractivity contribution in [3.05, 3.63) is 69.7 Å². The van der Waals surface area contributed by atoms with Gasteiger partial charge in [-0.1, -0.05) is 41.4 Å². The minimum Gasteiger partial charge on any atom is -0.490 e. The van der Waals surface area contributed by atoms with E-state index in [0.717, 1.165) is 17.0 Å². The molecule has 0 unspecified atom stereocenters. The van der Waals surface area contributed by atoms with Crippen LogP contribution in [0.25, 0.3) is 0 Å². The number of allylic oxidation sites excluding steroid dienone is 2. The zero-order chi connectivity index (χ0) is 23.1. The molecule has 1 heterocycles. The molecule has 2 bridgehead atoms. The van der Waals surface area contributed by atoms with Gasteiger partial charge in [-0.05, 0) is 61.1 Å². The van der Waals surface area contributed by atoms with Gasteiger partial charge in [0.15, 0.2) is 11.5 Å². The first-order chi connectivity index (χ1) is 16.0. The van der Waals surface area contributed by atoms with Crippen LogP contribution in [0.15, 0.2) is 53.7 Å². The molecule has 3 aliphatic rings. The van der Waals surface area contributed by atoms with E-state index in [1.807, 2.05) is 13.0 Å². The Balaban J connectivity index is 1.31. The minimum absolute atomic E-state index is 0.159. The summed E-state index contributed by atoms with van der Waals surface area (Å²) in [6, 6.07) is 10.6. The first kappa shape index (κ1) is 22.0. The van der Waals surface area contributed by atoms with Crippen LogP contribution in [0.1, 0.15) is 24.5 Å². The lowest BCUT2D eigenvalue weighted by Crippen LogP contribution is -2.28. The summed E-state index contributed by atoms with van der Waals surface area (Å²) in [4.78, 5) is 25.6. The number of hydrogen-bond acceptors (Lipinski definition) is 5. The summed E-state index contributed by atoms with van der Waals surface area (Å²) in [5, 5.41) is 6.36. The fourth-order valence-corrected chi connectivity index (χ4v) is 5.37. The summed E-state index contributed by atoms with van der Waals surface area (Å²) < 4.78 is 11.7. The Bertz CT molecular complexity index is 1150. The maximum atomic E-state index is 12.8. The van der Waals surface area contributed by atoms with Gasteiger partial charge >= 0.3 is 0 Å². The molecule has 2 aromatic carbocycles. The van der Waals surface area contributed by atoms with Gasteiger partial charge in [0.25, 0.3) is 11.8 Å². The van der Waals surface area contributed by atoms with Crippen LogP contribution in [0.3, 0.4) is 0 Å². The number of fused-ring (bicyclic) bond motifs is 5. The largest absolute Gasteiger partial charge is 0.490 e. The van der Waals surface area contributed by atoms with E-state index in [2.05, 4.69) is 17.3 Å². The Morgan fingerprint density at radius 1 is 1.00 bits per heavy atom. The number of ether oxygens (including phenoxy) is 2. The van der Waals surface area contributed by atoms with Crippen molar-refractivity contribution in [2.45, 2.75) is 20.0 Å². The number of hydrazone groups is 1. The van der Waals surface area contributed by atoms with Gasteiger partial charge in [-0.25, -0.2) is 0 Å². The third-order valence-electron chi connectivity index (χ3n) is 6.44. The van der Waals surface area contributed by atoms with Crippen LogP contribution in [0, 0.1) is 23.7 Å². The number of hydrogen-bond donors (Lipinski definition) is 0. The molecule has 8 heteroatoms. The molecule has 4 atom stereocenters. The van der Waals surface area contributed by atoms with Gasteiger partial charge in [0.1, 0.15) is 6.61 Å². The Morgan fingerprint density at radius 3 is 2.39 bits per heavy atom. The van der Waals surface area contributed by atoms with Gasteiger partial charge in [-0.2, -0.15) is 10.1 Å². The highest BCUT2D eigenvalue weighted by Gasteiger charge is 2.59. The third kappa shape index (κ3) is 4.02. The fourth-order valence-electron chi connectivity index (χ4n) is 4.91. The maximum absolute atomic E-state index is 12.8. The monoisotopic (exact) mass is 484 g/mol. The van der Waals surface area contributed by atoms with Crippen LogP contribution < -0.4 is 9.47 Å². The zero-order valence-electron chi connectivity index (χ0n) is 17.9. The number of amides is 2.